The van der Waals surface area contributed by atoms with Crippen molar-refractivity contribution >= 4 is 46.3 Å². The normalized spacial score (nSPS) is 14.2. The van der Waals surface area contributed by atoms with Crippen LogP contribution in [-0.2, 0) is 14.3 Å². The highest BCUT2D eigenvalue weighted by atomic mass is 35.5. The molecule has 0 atom stereocenters. The molecule has 1 aliphatic rings. The number of carbonyl (C=O) groups is 2. The van der Waals surface area contributed by atoms with Gasteiger partial charge >= 0.3 is 0 Å². The highest BCUT2D eigenvalue weighted by Gasteiger charge is 2.39. The van der Waals surface area contributed by atoms with Gasteiger partial charge in [-0.2, -0.15) is 0 Å². The van der Waals surface area contributed by atoms with Crippen molar-refractivity contribution in [2.45, 2.75) is 13.3 Å². The second-order valence-electron chi connectivity index (χ2n) is 6.18. The molecular weight excluding hydrogens is 399 g/mol. The molecule has 0 aromatic heterocycles. The number of carbonyl (C=O) groups excluding carboxylic acids is 2. The van der Waals surface area contributed by atoms with Crippen molar-refractivity contribution in [1.29, 1.82) is 0 Å². The van der Waals surface area contributed by atoms with E-state index in [0.29, 0.717) is 40.9 Å². The molecule has 2 amide bonds. The van der Waals surface area contributed by atoms with Crippen molar-refractivity contribution in [3.05, 3.63) is 69.8 Å². The minimum absolute atomic E-state index is 0.205. The molecule has 1 N–H and O–H groups in total. The Labute approximate surface area is 173 Å². The maximum atomic E-state index is 13.1. The van der Waals surface area contributed by atoms with Gasteiger partial charge in [-0.05, 0) is 37.6 Å². The van der Waals surface area contributed by atoms with E-state index in [2.05, 4.69) is 5.32 Å². The molecule has 1 heterocycles. The van der Waals surface area contributed by atoms with Crippen molar-refractivity contribution in [3.8, 4) is 0 Å². The van der Waals surface area contributed by atoms with Crippen LogP contribution >= 0.6 is 23.2 Å². The number of nitrogens with one attached hydrogen (secondary N) is 1. The zero-order valence-corrected chi connectivity index (χ0v) is 16.9. The Hall–Kier alpha value is -2.34. The number of rotatable bonds is 8. The summed E-state index contributed by atoms with van der Waals surface area (Å²) in [5.41, 5.74) is 1.62. The van der Waals surface area contributed by atoms with Gasteiger partial charge in [0.1, 0.15) is 5.70 Å². The summed E-state index contributed by atoms with van der Waals surface area (Å²) in [6, 6.07) is 14.1. The summed E-state index contributed by atoms with van der Waals surface area (Å²) in [6.07, 6.45) is 0.561. The molecule has 2 aromatic carbocycles. The lowest BCUT2D eigenvalue weighted by Gasteiger charge is -2.15. The van der Waals surface area contributed by atoms with E-state index in [1.54, 1.807) is 18.2 Å². The van der Waals surface area contributed by atoms with Crippen LogP contribution in [0.4, 0.5) is 5.69 Å². The van der Waals surface area contributed by atoms with Crippen LogP contribution in [0.2, 0.25) is 10.0 Å². The zero-order chi connectivity index (χ0) is 20.1. The van der Waals surface area contributed by atoms with Crippen LogP contribution in [0, 0.1) is 0 Å². The number of imide groups is 1. The van der Waals surface area contributed by atoms with Crippen molar-refractivity contribution in [2.24, 2.45) is 0 Å². The van der Waals surface area contributed by atoms with E-state index >= 15 is 0 Å². The van der Waals surface area contributed by atoms with Gasteiger partial charge in [0.2, 0.25) is 0 Å². The maximum Gasteiger partial charge on any atom is 0.278 e. The van der Waals surface area contributed by atoms with E-state index in [-0.39, 0.29) is 29.6 Å². The Morgan fingerprint density at radius 2 is 1.79 bits per heavy atom. The monoisotopic (exact) mass is 418 g/mol. The van der Waals surface area contributed by atoms with Gasteiger partial charge in [0.05, 0.1) is 10.6 Å². The van der Waals surface area contributed by atoms with Gasteiger partial charge in [0.25, 0.3) is 11.8 Å². The van der Waals surface area contributed by atoms with Crippen molar-refractivity contribution in [1.82, 2.24) is 4.90 Å². The number of amides is 2. The first-order chi connectivity index (χ1) is 13.5. The average Bonchev–Trinajstić information content (AvgIpc) is 2.90. The first kappa shape index (κ1) is 20.4. The Bertz CT molecular complexity index is 913. The van der Waals surface area contributed by atoms with E-state index < -0.39 is 0 Å². The van der Waals surface area contributed by atoms with E-state index in [9.17, 15) is 9.59 Å². The summed E-state index contributed by atoms with van der Waals surface area (Å²) in [5, 5.41) is 3.86. The van der Waals surface area contributed by atoms with Crippen molar-refractivity contribution in [2.75, 3.05) is 25.1 Å². The molecule has 0 radical (unpaired) electrons. The van der Waals surface area contributed by atoms with Crippen LogP contribution in [0.5, 0.6) is 0 Å². The predicted octanol–water partition coefficient (Wildman–Crippen LogP) is 4.61. The van der Waals surface area contributed by atoms with E-state index in [1.165, 1.54) is 4.90 Å². The number of nitrogens with zero attached hydrogens (tertiary/aromatic N) is 1. The van der Waals surface area contributed by atoms with Gasteiger partial charge in [0.15, 0.2) is 0 Å². The van der Waals surface area contributed by atoms with Crippen molar-refractivity contribution in [3.63, 3.8) is 0 Å². The summed E-state index contributed by atoms with van der Waals surface area (Å²) >= 11 is 12.3. The number of halogens is 2. The van der Waals surface area contributed by atoms with Crippen LogP contribution in [-0.4, -0.2) is 36.5 Å². The van der Waals surface area contributed by atoms with Gasteiger partial charge in [-0.15, -0.1) is 0 Å². The molecule has 5 nitrogen and oxygen atoms in total. The van der Waals surface area contributed by atoms with Crippen LogP contribution < -0.4 is 5.32 Å². The molecule has 28 heavy (non-hydrogen) atoms. The fraction of sp³-hybridized carbons (Fsp3) is 0.238. The smallest absolute Gasteiger partial charge is 0.278 e. The number of hydrogen-bond donors (Lipinski definition) is 1. The van der Waals surface area contributed by atoms with Gasteiger partial charge < -0.3 is 10.1 Å². The number of ether oxygens (including phenoxy) is 1. The molecular formula is C21H20Cl2N2O3. The lowest BCUT2D eigenvalue weighted by molar-refractivity contribution is -0.137. The molecule has 0 saturated carbocycles. The molecule has 0 aliphatic carbocycles. The van der Waals surface area contributed by atoms with Gasteiger partial charge in [-0.3, -0.25) is 14.5 Å². The van der Waals surface area contributed by atoms with Crippen LogP contribution in [0.15, 0.2) is 54.2 Å². The summed E-state index contributed by atoms with van der Waals surface area (Å²) in [6.45, 7) is 3.24. The van der Waals surface area contributed by atoms with E-state index in [0.717, 1.165) is 0 Å². The highest BCUT2D eigenvalue weighted by Crippen LogP contribution is 2.35. The van der Waals surface area contributed by atoms with Crippen LogP contribution in [0.3, 0.4) is 0 Å². The third-order valence-corrected chi connectivity index (χ3v) is 4.83. The van der Waals surface area contributed by atoms with Crippen LogP contribution in [0.25, 0.3) is 5.57 Å². The quantitative estimate of drug-likeness (QED) is 0.502. The fourth-order valence-electron chi connectivity index (χ4n) is 2.97. The standard InChI is InChI=1S/C21H20Cl2N2O3/c1-2-28-12-6-11-25-20(26)18(16-10-9-14(22)13-17(16)23)19(21(25)27)24-15-7-4-3-5-8-15/h3-5,7-10,13,24H,2,6,11-12H2,1H3. The number of benzene rings is 2. The summed E-state index contributed by atoms with van der Waals surface area (Å²) < 4.78 is 5.32. The molecule has 0 fully saturated rings. The molecule has 0 saturated heterocycles. The molecule has 0 unspecified atom stereocenters. The predicted molar refractivity (Wildman–Crippen MR) is 111 cm³/mol. The third-order valence-electron chi connectivity index (χ3n) is 4.29. The molecule has 0 spiro atoms. The first-order valence-corrected chi connectivity index (χ1v) is 9.74. The first-order valence-electron chi connectivity index (χ1n) is 8.98. The summed E-state index contributed by atoms with van der Waals surface area (Å²) in [5.74, 6) is -0.768. The third kappa shape index (κ3) is 4.38. The zero-order valence-electron chi connectivity index (χ0n) is 15.4. The maximum absolute atomic E-state index is 13.1. The average molecular weight is 419 g/mol. The van der Waals surface area contributed by atoms with E-state index in [1.807, 2.05) is 37.3 Å². The van der Waals surface area contributed by atoms with Crippen molar-refractivity contribution < 1.29 is 14.3 Å². The Kier molecular flexibility index (Phi) is 6.73. The largest absolute Gasteiger partial charge is 0.382 e. The number of hydrogen-bond acceptors (Lipinski definition) is 4. The minimum atomic E-state index is -0.385. The fourth-order valence-corrected chi connectivity index (χ4v) is 3.48. The second-order valence-corrected chi connectivity index (χ2v) is 7.02. The van der Waals surface area contributed by atoms with Gasteiger partial charge in [-0.1, -0.05) is 47.5 Å². The van der Waals surface area contributed by atoms with E-state index in [4.69, 9.17) is 27.9 Å². The summed E-state index contributed by atoms with van der Waals surface area (Å²) in [7, 11) is 0. The topological polar surface area (TPSA) is 58.6 Å². The Morgan fingerprint density at radius 1 is 1.04 bits per heavy atom. The summed E-state index contributed by atoms with van der Waals surface area (Å²) in [4.78, 5) is 27.3. The lowest BCUT2D eigenvalue weighted by Crippen LogP contribution is -2.34. The molecule has 2 aromatic rings. The minimum Gasteiger partial charge on any atom is -0.382 e. The molecule has 3 rings (SSSR count). The van der Waals surface area contributed by atoms with Gasteiger partial charge in [-0.25, -0.2) is 0 Å². The molecule has 7 heteroatoms. The lowest BCUT2D eigenvalue weighted by atomic mass is 10.0. The number of anilines is 1. The SMILES string of the molecule is CCOCCCN1C(=O)C(Nc2ccccc2)=C(c2ccc(Cl)cc2Cl)C1=O. The molecule has 146 valence electrons. The highest BCUT2D eigenvalue weighted by molar-refractivity contribution is 6.41. The van der Waals surface area contributed by atoms with Crippen LogP contribution in [0.1, 0.15) is 18.9 Å². The molecule has 0 bridgehead atoms. The van der Waals surface area contributed by atoms with Gasteiger partial charge in [0, 0.05) is 36.0 Å². The Morgan fingerprint density at radius 3 is 2.46 bits per heavy atom. The Balaban J connectivity index is 1.97. The number of para-hydroxylation sites is 1. The second kappa shape index (κ2) is 9.24. The molecule has 1 aliphatic heterocycles.